The number of phenols is 2. The first-order valence-electron chi connectivity index (χ1n) is 8.66. The van der Waals surface area contributed by atoms with E-state index in [2.05, 4.69) is 6.58 Å². The zero-order chi connectivity index (χ0) is 20.8. The Labute approximate surface area is 163 Å². The normalized spacial score (nSPS) is 10.5. The lowest BCUT2D eigenvalue weighted by atomic mass is 10.2. The Hall–Kier alpha value is -2.62. The number of benzene rings is 1. The van der Waals surface area contributed by atoms with E-state index in [-0.39, 0.29) is 43.5 Å². The van der Waals surface area contributed by atoms with E-state index < -0.39 is 11.9 Å². The number of aromatic hydroxyl groups is 2. The van der Waals surface area contributed by atoms with Crippen molar-refractivity contribution in [3.8, 4) is 11.5 Å². The van der Waals surface area contributed by atoms with Crippen LogP contribution in [0.4, 0.5) is 0 Å². The summed E-state index contributed by atoms with van der Waals surface area (Å²) in [7, 11) is 0. The summed E-state index contributed by atoms with van der Waals surface area (Å²) in [5, 5.41) is 18.5. The molecular weight excluding hydrogens is 372 g/mol. The summed E-state index contributed by atoms with van der Waals surface area (Å²) in [6, 6.07) is 3.68. The summed E-state index contributed by atoms with van der Waals surface area (Å²) in [5.41, 5.74) is 0.478. The molecule has 0 radical (unpaired) electrons. The Morgan fingerprint density at radius 1 is 0.821 bits per heavy atom. The van der Waals surface area contributed by atoms with E-state index in [0.29, 0.717) is 32.0 Å². The minimum absolute atomic E-state index is 0.0481. The Balaban J connectivity index is 1.91. The monoisotopic (exact) mass is 398 g/mol. The second kappa shape index (κ2) is 13.5. The lowest BCUT2D eigenvalue weighted by Crippen LogP contribution is -2.15. The molecule has 0 spiro atoms. The Morgan fingerprint density at radius 3 is 1.82 bits per heavy atom. The molecule has 28 heavy (non-hydrogen) atoms. The Morgan fingerprint density at radius 2 is 1.32 bits per heavy atom. The van der Waals surface area contributed by atoms with Gasteiger partial charge in [-0.1, -0.05) is 6.58 Å². The molecular formula is C19H26O9. The van der Waals surface area contributed by atoms with E-state index >= 15 is 0 Å². The maximum atomic E-state index is 11.7. The molecule has 0 aliphatic carbocycles. The van der Waals surface area contributed by atoms with Crippen molar-refractivity contribution < 1.29 is 43.5 Å². The van der Waals surface area contributed by atoms with Gasteiger partial charge in [-0.05, 0) is 25.1 Å². The van der Waals surface area contributed by atoms with Crippen molar-refractivity contribution in [1.82, 2.24) is 0 Å². The molecule has 1 rings (SSSR count). The summed E-state index contributed by atoms with van der Waals surface area (Å²) >= 11 is 0. The number of ether oxygens (including phenoxy) is 5. The van der Waals surface area contributed by atoms with Crippen molar-refractivity contribution >= 4 is 11.9 Å². The molecule has 9 nitrogen and oxygen atoms in total. The lowest BCUT2D eigenvalue weighted by Gasteiger charge is -2.08. The molecule has 0 fully saturated rings. The number of hydrogen-bond donors (Lipinski definition) is 2. The van der Waals surface area contributed by atoms with Crippen molar-refractivity contribution in [3.05, 3.63) is 35.9 Å². The van der Waals surface area contributed by atoms with E-state index in [9.17, 15) is 19.8 Å². The Kier molecular flexibility index (Phi) is 11.3. The highest BCUT2D eigenvalue weighted by atomic mass is 16.6. The molecule has 1 aromatic carbocycles. The van der Waals surface area contributed by atoms with Crippen molar-refractivity contribution in [2.45, 2.75) is 6.92 Å². The number of carbonyl (C=O) groups is 2. The second-order valence-electron chi connectivity index (χ2n) is 5.59. The maximum Gasteiger partial charge on any atom is 0.338 e. The number of hydrogen-bond acceptors (Lipinski definition) is 9. The van der Waals surface area contributed by atoms with Gasteiger partial charge in [0.2, 0.25) is 0 Å². The van der Waals surface area contributed by atoms with Gasteiger partial charge < -0.3 is 33.9 Å². The van der Waals surface area contributed by atoms with Crippen molar-refractivity contribution in [2.75, 3.05) is 52.9 Å². The summed E-state index contributed by atoms with van der Waals surface area (Å²) in [6.45, 7) is 7.15. The van der Waals surface area contributed by atoms with Crippen LogP contribution in [0.1, 0.15) is 17.3 Å². The van der Waals surface area contributed by atoms with E-state index in [1.54, 1.807) is 6.92 Å². The fraction of sp³-hybridized carbons (Fsp3) is 0.474. The minimum Gasteiger partial charge on any atom is -0.504 e. The van der Waals surface area contributed by atoms with Gasteiger partial charge in [-0.3, -0.25) is 0 Å². The van der Waals surface area contributed by atoms with Crippen LogP contribution >= 0.6 is 0 Å². The predicted molar refractivity (Wildman–Crippen MR) is 98.3 cm³/mol. The number of phenolic OH excluding ortho intramolecular Hbond substituents is 2. The van der Waals surface area contributed by atoms with Crippen LogP contribution in [0.15, 0.2) is 30.4 Å². The average molecular weight is 398 g/mol. The minimum atomic E-state index is -0.624. The van der Waals surface area contributed by atoms with Crippen LogP contribution in [-0.2, 0) is 28.5 Å². The zero-order valence-electron chi connectivity index (χ0n) is 15.8. The van der Waals surface area contributed by atoms with Gasteiger partial charge in [0, 0.05) is 5.57 Å². The SMILES string of the molecule is C=C(C)C(=O)OCCOCCOCCOCCOC(=O)c1ccc(O)c(O)c1. The molecule has 0 atom stereocenters. The van der Waals surface area contributed by atoms with Crippen LogP contribution in [-0.4, -0.2) is 75.0 Å². The molecule has 0 saturated carbocycles. The molecule has 0 aliphatic heterocycles. The quantitative estimate of drug-likeness (QED) is 0.207. The van der Waals surface area contributed by atoms with E-state index in [0.717, 1.165) is 6.07 Å². The summed E-state index contributed by atoms with van der Waals surface area (Å²) in [5.74, 6) is -1.76. The van der Waals surface area contributed by atoms with Gasteiger partial charge in [0.1, 0.15) is 13.2 Å². The maximum absolute atomic E-state index is 11.7. The summed E-state index contributed by atoms with van der Waals surface area (Å²) in [4.78, 5) is 22.8. The molecule has 0 heterocycles. The van der Waals surface area contributed by atoms with Crippen LogP contribution in [0, 0.1) is 0 Å². The van der Waals surface area contributed by atoms with Gasteiger partial charge in [-0.2, -0.15) is 0 Å². The first kappa shape index (κ1) is 23.4. The molecule has 0 saturated heterocycles. The van der Waals surface area contributed by atoms with Gasteiger partial charge in [-0.25, -0.2) is 9.59 Å². The first-order chi connectivity index (χ1) is 13.4. The van der Waals surface area contributed by atoms with Gasteiger partial charge in [-0.15, -0.1) is 0 Å². The van der Waals surface area contributed by atoms with Gasteiger partial charge >= 0.3 is 11.9 Å². The van der Waals surface area contributed by atoms with Crippen LogP contribution < -0.4 is 0 Å². The molecule has 0 amide bonds. The average Bonchev–Trinajstić information content (AvgIpc) is 2.67. The summed E-state index contributed by atoms with van der Waals surface area (Å²) in [6.07, 6.45) is 0. The van der Waals surface area contributed by atoms with Gasteiger partial charge in [0.15, 0.2) is 11.5 Å². The lowest BCUT2D eigenvalue weighted by molar-refractivity contribution is -0.140. The standard InChI is InChI=1S/C19H26O9/c1-14(2)18(22)27-11-9-25-7-5-24-6-8-26-10-12-28-19(23)15-3-4-16(20)17(21)13-15/h3-4,13,20-21H,1,5-12H2,2H3. The van der Waals surface area contributed by atoms with E-state index in [1.807, 2.05) is 0 Å². The number of esters is 2. The zero-order valence-corrected chi connectivity index (χ0v) is 15.8. The van der Waals surface area contributed by atoms with Gasteiger partial charge in [0.05, 0.1) is 45.2 Å². The number of carbonyl (C=O) groups excluding carboxylic acids is 2. The fourth-order valence-electron chi connectivity index (χ4n) is 1.79. The number of rotatable bonds is 14. The summed E-state index contributed by atoms with van der Waals surface area (Å²) < 4.78 is 25.6. The highest BCUT2D eigenvalue weighted by Crippen LogP contribution is 2.25. The van der Waals surface area contributed by atoms with Crippen LogP contribution in [0.3, 0.4) is 0 Å². The van der Waals surface area contributed by atoms with Crippen LogP contribution in [0.2, 0.25) is 0 Å². The highest BCUT2D eigenvalue weighted by Gasteiger charge is 2.09. The van der Waals surface area contributed by atoms with Crippen LogP contribution in [0.5, 0.6) is 11.5 Å². The Bertz CT molecular complexity index is 642. The molecule has 0 aromatic heterocycles. The largest absolute Gasteiger partial charge is 0.504 e. The van der Waals surface area contributed by atoms with E-state index in [4.69, 9.17) is 23.7 Å². The third kappa shape index (κ3) is 9.91. The predicted octanol–water partition coefficient (Wildman–Crippen LogP) is 1.42. The van der Waals surface area contributed by atoms with Crippen LogP contribution in [0.25, 0.3) is 0 Å². The third-order valence-corrected chi connectivity index (χ3v) is 3.23. The fourth-order valence-corrected chi connectivity index (χ4v) is 1.79. The molecule has 156 valence electrons. The molecule has 0 unspecified atom stereocenters. The second-order valence-corrected chi connectivity index (χ2v) is 5.59. The van der Waals surface area contributed by atoms with Gasteiger partial charge in [0.25, 0.3) is 0 Å². The molecule has 1 aromatic rings. The van der Waals surface area contributed by atoms with Crippen molar-refractivity contribution in [1.29, 1.82) is 0 Å². The first-order valence-corrected chi connectivity index (χ1v) is 8.66. The smallest absolute Gasteiger partial charge is 0.338 e. The topological polar surface area (TPSA) is 121 Å². The van der Waals surface area contributed by atoms with E-state index in [1.165, 1.54) is 12.1 Å². The highest BCUT2D eigenvalue weighted by molar-refractivity contribution is 5.90. The molecule has 0 aliphatic rings. The molecule has 2 N–H and O–H groups in total. The van der Waals surface area contributed by atoms with Crippen molar-refractivity contribution in [2.24, 2.45) is 0 Å². The molecule has 9 heteroatoms. The third-order valence-electron chi connectivity index (χ3n) is 3.23. The van der Waals surface area contributed by atoms with Crippen molar-refractivity contribution in [3.63, 3.8) is 0 Å². The molecule has 0 bridgehead atoms.